The number of hydrogen-bond donors (Lipinski definition) is 0. The SMILES string of the molecule is CC1COc2ccccc2C(C)C1C. The van der Waals surface area contributed by atoms with E-state index in [-0.39, 0.29) is 0 Å². The Balaban J connectivity index is 2.40. The Kier molecular flexibility index (Phi) is 2.49. The molecule has 2 rings (SSSR count). The Morgan fingerprint density at radius 2 is 1.86 bits per heavy atom. The molecule has 1 heteroatoms. The Morgan fingerprint density at radius 3 is 2.64 bits per heavy atom. The lowest BCUT2D eigenvalue weighted by Gasteiger charge is -2.21. The number of hydrogen-bond acceptors (Lipinski definition) is 1. The Bertz CT molecular complexity index is 319. The van der Waals surface area contributed by atoms with Gasteiger partial charge in [0.2, 0.25) is 0 Å². The van der Waals surface area contributed by atoms with Crippen LogP contribution in [0.2, 0.25) is 0 Å². The van der Waals surface area contributed by atoms with Crippen LogP contribution in [0, 0.1) is 11.8 Å². The van der Waals surface area contributed by atoms with E-state index in [1.807, 2.05) is 6.07 Å². The molecule has 1 aliphatic heterocycles. The molecule has 14 heavy (non-hydrogen) atoms. The minimum Gasteiger partial charge on any atom is -0.493 e. The predicted octanol–water partition coefficient (Wildman–Crippen LogP) is 3.45. The van der Waals surface area contributed by atoms with E-state index in [0.717, 1.165) is 12.4 Å². The Morgan fingerprint density at radius 1 is 1.14 bits per heavy atom. The molecule has 0 N–H and O–H groups in total. The van der Waals surface area contributed by atoms with Crippen LogP contribution < -0.4 is 4.74 Å². The van der Waals surface area contributed by atoms with Crippen LogP contribution in [0.4, 0.5) is 0 Å². The van der Waals surface area contributed by atoms with Gasteiger partial charge >= 0.3 is 0 Å². The first-order valence-corrected chi connectivity index (χ1v) is 5.42. The van der Waals surface area contributed by atoms with E-state index in [1.165, 1.54) is 5.56 Å². The van der Waals surface area contributed by atoms with Gasteiger partial charge in [-0.2, -0.15) is 0 Å². The van der Waals surface area contributed by atoms with Gasteiger partial charge in [0, 0.05) is 0 Å². The molecule has 1 aliphatic rings. The van der Waals surface area contributed by atoms with E-state index in [9.17, 15) is 0 Å². The van der Waals surface area contributed by atoms with Crippen molar-refractivity contribution >= 4 is 0 Å². The molecule has 76 valence electrons. The smallest absolute Gasteiger partial charge is 0.122 e. The van der Waals surface area contributed by atoms with Crippen LogP contribution in [0.3, 0.4) is 0 Å². The summed E-state index contributed by atoms with van der Waals surface area (Å²) in [5, 5.41) is 0. The predicted molar refractivity (Wildman–Crippen MR) is 58.7 cm³/mol. The molecule has 3 unspecified atom stereocenters. The lowest BCUT2D eigenvalue weighted by molar-refractivity contribution is 0.223. The van der Waals surface area contributed by atoms with Gasteiger partial charge in [0.25, 0.3) is 0 Å². The van der Waals surface area contributed by atoms with Crippen LogP contribution in [-0.4, -0.2) is 6.61 Å². The average Bonchev–Trinajstić information content (AvgIpc) is 2.32. The summed E-state index contributed by atoms with van der Waals surface area (Å²) < 4.78 is 5.80. The van der Waals surface area contributed by atoms with Crippen molar-refractivity contribution in [2.24, 2.45) is 11.8 Å². The van der Waals surface area contributed by atoms with Crippen molar-refractivity contribution in [2.45, 2.75) is 26.7 Å². The zero-order valence-electron chi connectivity index (χ0n) is 9.16. The first-order chi connectivity index (χ1) is 6.70. The first kappa shape index (κ1) is 9.57. The maximum absolute atomic E-state index is 5.80. The fraction of sp³-hybridized carbons (Fsp3) is 0.538. The van der Waals surface area contributed by atoms with Crippen LogP contribution in [0.25, 0.3) is 0 Å². The van der Waals surface area contributed by atoms with Crippen molar-refractivity contribution in [1.82, 2.24) is 0 Å². The second-order valence-electron chi connectivity index (χ2n) is 4.47. The van der Waals surface area contributed by atoms with E-state index < -0.39 is 0 Å². The molecule has 0 aromatic heterocycles. The van der Waals surface area contributed by atoms with Crippen LogP contribution in [0.5, 0.6) is 5.75 Å². The molecule has 3 atom stereocenters. The summed E-state index contributed by atoms with van der Waals surface area (Å²) in [5.74, 6) is 3.01. The van der Waals surface area contributed by atoms with Crippen molar-refractivity contribution in [3.63, 3.8) is 0 Å². The summed E-state index contributed by atoms with van der Waals surface area (Å²) in [6.07, 6.45) is 0. The molecule has 0 saturated carbocycles. The molecule has 1 heterocycles. The Hall–Kier alpha value is -0.980. The van der Waals surface area contributed by atoms with Crippen LogP contribution in [0.15, 0.2) is 24.3 Å². The molecule has 0 spiro atoms. The average molecular weight is 190 g/mol. The lowest BCUT2D eigenvalue weighted by Crippen LogP contribution is -2.17. The minimum atomic E-state index is 0.601. The number of ether oxygens (including phenoxy) is 1. The lowest BCUT2D eigenvalue weighted by atomic mass is 9.82. The fourth-order valence-electron chi connectivity index (χ4n) is 2.14. The van der Waals surface area contributed by atoms with Gasteiger partial charge in [0.05, 0.1) is 6.61 Å². The van der Waals surface area contributed by atoms with Crippen LogP contribution >= 0.6 is 0 Å². The normalized spacial score (nSPS) is 31.5. The second kappa shape index (κ2) is 3.64. The molecule has 0 radical (unpaired) electrons. The molecule has 1 aromatic carbocycles. The van der Waals surface area contributed by atoms with Crippen molar-refractivity contribution < 1.29 is 4.74 Å². The number of fused-ring (bicyclic) bond motifs is 1. The summed E-state index contributed by atoms with van der Waals surface area (Å²) in [4.78, 5) is 0. The highest BCUT2D eigenvalue weighted by atomic mass is 16.5. The molecular weight excluding hydrogens is 172 g/mol. The monoisotopic (exact) mass is 190 g/mol. The van der Waals surface area contributed by atoms with E-state index in [4.69, 9.17) is 4.74 Å². The summed E-state index contributed by atoms with van der Waals surface area (Å²) in [6, 6.07) is 8.42. The topological polar surface area (TPSA) is 9.23 Å². The highest BCUT2D eigenvalue weighted by Crippen LogP contribution is 2.38. The second-order valence-corrected chi connectivity index (χ2v) is 4.47. The van der Waals surface area contributed by atoms with Crippen molar-refractivity contribution in [1.29, 1.82) is 0 Å². The van der Waals surface area contributed by atoms with Gasteiger partial charge in [-0.25, -0.2) is 0 Å². The molecule has 0 aliphatic carbocycles. The highest BCUT2D eigenvalue weighted by molar-refractivity contribution is 5.37. The van der Waals surface area contributed by atoms with Gasteiger partial charge in [-0.1, -0.05) is 39.0 Å². The maximum atomic E-state index is 5.80. The number of para-hydroxylation sites is 1. The van der Waals surface area contributed by atoms with Crippen LogP contribution in [-0.2, 0) is 0 Å². The number of benzene rings is 1. The highest BCUT2D eigenvalue weighted by Gasteiger charge is 2.26. The third-order valence-corrected chi connectivity index (χ3v) is 3.60. The standard InChI is InChI=1S/C13H18O/c1-9-8-14-13-7-5-4-6-12(13)11(3)10(9)2/h4-7,9-11H,8H2,1-3H3. The summed E-state index contributed by atoms with van der Waals surface area (Å²) in [7, 11) is 0. The largest absolute Gasteiger partial charge is 0.493 e. The van der Waals surface area contributed by atoms with E-state index in [2.05, 4.69) is 39.0 Å². The fourth-order valence-corrected chi connectivity index (χ4v) is 2.14. The molecule has 0 saturated heterocycles. The summed E-state index contributed by atoms with van der Waals surface area (Å²) in [6.45, 7) is 7.74. The molecule has 0 amide bonds. The minimum absolute atomic E-state index is 0.601. The summed E-state index contributed by atoms with van der Waals surface area (Å²) in [5.41, 5.74) is 1.37. The van der Waals surface area contributed by atoms with Gasteiger partial charge in [-0.05, 0) is 29.4 Å². The quantitative estimate of drug-likeness (QED) is 0.608. The molecule has 0 fully saturated rings. The van der Waals surface area contributed by atoms with Gasteiger partial charge in [0.15, 0.2) is 0 Å². The maximum Gasteiger partial charge on any atom is 0.122 e. The van der Waals surface area contributed by atoms with Crippen molar-refractivity contribution in [2.75, 3.05) is 6.61 Å². The van der Waals surface area contributed by atoms with Crippen LogP contribution in [0.1, 0.15) is 32.3 Å². The van der Waals surface area contributed by atoms with Crippen molar-refractivity contribution in [3.8, 4) is 5.75 Å². The Labute approximate surface area is 86.1 Å². The van der Waals surface area contributed by atoms with Gasteiger partial charge < -0.3 is 4.74 Å². The molecule has 0 bridgehead atoms. The number of rotatable bonds is 0. The molecule has 1 nitrogen and oxygen atoms in total. The van der Waals surface area contributed by atoms with Gasteiger partial charge in [-0.15, -0.1) is 0 Å². The first-order valence-electron chi connectivity index (χ1n) is 5.42. The zero-order valence-corrected chi connectivity index (χ0v) is 9.16. The van der Waals surface area contributed by atoms with E-state index >= 15 is 0 Å². The van der Waals surface area contributed by atoms with Crippen molar-refractivity contribution in [3.05, 3.63) is 29.8 Å². The zero-order chi connectivity index (χ0) is 10.1. The third kappa shape index (κ3) is 1.52. The van der Waals surface area contributed by atoms with E-state index in [1.54, 1.807) is 0 Å². The van der Waals surface area contributed by atoms with Gasteiger partial charge in [0.1, 0.15) is 5.75 Å². The van der Waals surface area contributed by atoms with E-state index in [0.29, 0.717) is 17.8 Å². The van der Waals surface area contributed by atoms with Gasteiger partial charge in [-0.3, -0.25) is 0 Å². The summed E-state index contributed by atoms with van der Waals surface area (Å²) >= 11 is 0. The molecular formula is C13H18O. The molecule has 1 aromatic rings. The third-order valence-electron chi connectivity index (χ3n) is 3.60.